The van der Waals surface area contributed by atoms with Crippen molar-refractivity contribution >= 4 is 23.2 Å². The molecular weight excluding hydrogens is 286 g/mol. The summed E-state index contributed by atoms with van der Waals surface area (Å²) in [5, 5.41) is 0.618. The number of hydrogen-bond acceptors (Lipinski definition) is 1. The lowest BCUT2D eigenvalue weighted by Gasteiger charge is -2.32. The molecule has 1 aromatic carbocycles. The Morgan fingerprint density at radius 2 is 2.16 bits per heavy atom. The first-order valence-corrected chi connectivity index (χ1v) is 7.67. The second kappa shape index (κ2) is 5.23. The molecule has 0 N–H and O–H groups in total. The smallest absolute Gasteiger partial charge is 0.123 e. The van der Waals surface area contributed by atoms with Crippen LogP contribution in [0.15, 0.2) is 18.2 Å². The van der Waals surface area contributed by atoms with Gasteiger partial charge in [-0.25, -0.2) is 4.39 Å². The summed E-state index contributed by atoms with van der Waals surface area (Å²) < 4.78 is 19.3. The Hall–Kier alpha value is -0.310. The molecule has 0 amide bonds. The van der Waals surface area contributed by atoms with E-state index in [1.54, 1.807) is 6.07 Å². The number of benzene rings is 1. The van der Waals surface area contributed by atoms with E-state index in [0.29, 0.717) is 23.2 Å². The molecule has 1 aromatic rings. The molecule has 2 atom stereocenters. The summed E-state index contributed by atoms with van der Waals surface area (Å²) in [6.07, 6.45) is 4.29. The highest BCUT2D eigenvalue weighted by Gasteiger charge is 2.50. The Kier molecular flexibility index (Phi) is 3.76. The Morgan fingerprint density at radius 3 is 2.84 bits per heavy atom. The van der Waals surface area contributed by atoms with Gasteiger partial charge in [0.15, 0.2) is 0 Å². The normalized spacial score (nSPS) is 30.8. The van der Waals surface area contributed by atoms with E-state index >= 15 is 0 Å². The van der Waals surface area contributed by atoms with Crippen LogP contribution >= 0.6 is 23.2 Å². The molecule has 19 heavy (non-hydrogen) atoms. The third kappa shape index (κ3) is 2.63. The predicted octanol–water partition coefficient (Wildman–Crippen LogP) is 4.45. The van der Waals surface area contributed by atoms with Crippen molar-refractivity contribution in [2.45, 2.75) is 31.8 Å². The van der Waals surface area contributed by atoms with Crippen molar-refractivity contribution in [1.82, 2.24) is 0 Å². The average Bonchev–Trinajstić information content (AvgIpc) is 3.16. The highest BCUT2D eigenvalue weighted by Crippen LogP contribution is 2.50. The van der Waals surface area contributed by atoms with Crippen LogP contribution in [-0.4, -0.2) is 18.6 Å². The highest BCUT2D eigenvalue weighted by atomic mass is 35.5. The minimum atomic E-state index is -0.244. The Morgan fingerprint density at radius 1 is 1.37 bits per heavy atom. The molecule has 1 aliphatic heterocycles. The number of halogens is 3. The minimum absolute atomic E-state index is 0.0832. The summed E-state index contributed by atoms with van der Waals surface area (Å²) in [7, 11) is 0. The van der Waals surface area contributed by atoms with Crippen LogP contribution in [0.1, 0.15) is 24.8 Å². The van der Waals surface area contributed by atoms with Crippen LogP contribution in [0.5, 0.6) is 0 Å². The van der Waals surface area contributed by atoms with Crippen LogP contribution in [0.4, 0.5) is 4.39 Å². The van der Waals surface area contributed by atoms with E-state index in [1.807, 2.05) is 0 Å². The molecule has 2 fully saturated rings. The van der Waals surface area contributed by atoms with Crippen LogP contribution in [-0.2, 0) is 11.2 Å². The van der Waals surface area contributed by atoms with Gasteiger partial charge >= 0.3 is 0 Å². The summed E-state index contributed by atoms with van der Waals surface area (Å²) >= 11 is 12.4. The first-order valence-electron chi connectivity index (χ1n) is 6.76. The molecule has 104 valence electrons. The van der Waals surface area contributed by atoms with Gasteiger partial charge in [0.25, 0.3) is 0 Å². The fourth-order valence-corrected chi connectivity index (χ4v) is 3.74. The van der Waals surface area contributed by atoms with Gasteiger partial charge in [0.2, 0.25) is 0 Å². The van der Waals surface area contributed by atoms with Gasteiger partial charge in [-0.1, -0.05) is 11.6 Å². The minimum Gasteiger partial charge on any atom is -0.377 e. The standard InChI is InChI=1S/C15H17Cl2FO/c16-9-15(5-6-19-14(15)10-1-2-10)8-11-7-12(18)3-4-13(11)17/h3-4,7,10,14H,1-2,5-6,8-9H2. The molecule has 0 spiro atoms. The van der Waals surface area contributed by atoms with Gasteiger partial charge in [-0.05, 0) is 55.4 Å². The van der Waals surface area contributed by atoms with Crippen LogP contribution in [0.25, 0.3) is 0 Å². The van der Waals surface area contributed by atoms with Crippen molar-refractivity contribution in [3.8, 4) is 0 Å². The van der Waals surface area contributed by atoms with Crippen LogP contribution < -0.4 is 0 Å². The highest BCUT2D eigenvalue weighted by molar-refractivity contribution is 6.31. The Balaban J connectivity index is 1.87. The summed E-state index contributed by atoms with van der Waals surface area (Å²) in [6.45, 7) is 0.751. The third-order valence-corrected chi connectivity index (χ3v) is 5.27. The first-order chi connectivity index (χ1) is 9.14. The molecule has 1 aliphatic carbocycles. The summed E-state index contributed by atoms with van der Waals surface area (Å²) in [5.74, 6) is 0.931. The van der Waals surface area contributed by atoms with Crippen LogP contribution in [0.2, 0.25) is 5.02 Å². The number of rotatable bonds is 4. The molecular formula is C15H17Cl2FO. The van der Waals surface area contributed by atoms with Crippen molar-refractivity contribution in [1.29, 1.82) is 0 Å². The molecule has 4 heteroatoms. The van der Waals surface area contributed by atoms with Gasteiger partial charge in [0.05, 0.1) is 6.10 Å². The number of hydrogen-bond donors (Lipinski definition) is 0. The topological polar surface area (TPSA) is 9.23 Å². The van der Waals surface area contributed by atoms with Crippen molar-refractivity contribution in [3.63, 3.8) is 0 Å². The molecule has 1 saturated carbocycles. The molecule has 3 rings (SSSR count). The fourth-order valence-electron chi connectivity index (χ4n) is 3.18. The first kappa shape index (κ1) is 13.7. The maximum atomic E-state index is 13.4. The quantitative estimate of drug-likeness (QED) is 0.747. The zero-order chi connectivity index (χ0) is 13.5. The van der Waals surface area contributed by atoms with Crippen LogP contribution in [0.3, 0.4) is 0 Å². The monoisotopic (exact) mass is 302 g/mol. The van der Waals surface area contributed by atoms with Crippen molar-refractivity contribution in [3.05, 3.63) is 34.6 Å². The molecule has 0 aromatic heterocycles. The molecule has 0 radical (unpaired) electrons. The van der Waals surface area contributed by atoms with Crippen molar-refractivity contribution in [2.75, 3.05) is 12.5 Å². The van der Waals surface area contributed by atoms with Gasteiger partial charge in [-0.15, -0.1) is 11.6 Å². The summed E-state index contributed by atoms with van der Waals surface area (Å²) in [5.41, 5.74) is 0.763. The molecule has 2 aliphatic rings. The lowest BCUT2D eigenvalue weighted by molar-refractivity contribution is 0.0403. The lowest BCUT2D eigenvalue weighted by atomic mass is 9.75. The number of alkyl halides is 1. The molecule has 1 nitrogen and oxygen atoms in total. The average molecular weight is 303 g/mol. The Labute approximate surface area is 123 Å². The van der Waals surface area contributed by atoms with E-state index in [2.05, 4.69) is 0 Å². The lowest BCUT2D eigenvalue weighted by Crippen LogP contribution is -2.36. The van der Waals surface area contributed by atoms with Crippen LogP contribution in [0, 0.1) is 17.2 Å². The van der Waals surface area contributed by atoms with Gasteiger partial charge in [-0.3, -0.25) is 0 Å². The van der Waals surface area contributed by atoms with E-state index < -0.39 is 0 Å². The molecule has 1 saturated heterocycles. The van der Waals surface area contributed by atoms with Crippen molar-refractivity contribution < 1.29 is 9.13 Å². The van der Waals surface area contributed by atoms with Gasteiger partial charge < -0.3 is 4.74 Å². The van der Waals surface area contributed by atoms with E-state index in [9.17, 15) is 4.39 Å². The summed E-state index contributed by atoms with van der Waals surface area (Å²) in [6, 6.07) is 4.54. The molecule has 0 bridgehead atoms. The second-order valence-electron chi connectivity index (χ2n) is 5.79. The maximum absolute atomic E-state index is 13.4. The zero-order valence-corrected chi connectivity index (χ0v) is 12.2. The molecule has 1 heterocycles. The maximum Gasteiger partial charge on any atom is 0.123 e. The van der Waals surface area contributed by atoms with E-state index in [1.165, 1.54) is 25.0 Å². The van der Waals surface area contributed by atoms with Gasteiger partial charge in [0.1, 0.15) is 5.82 Å². The van der Waals surface area contributed by atoms with E-state index in [4.69, 9.17) is 27.9 Å². The predicted molar refractivity (Wildman–Crippen MR) is 75.3 cm³/mol. The SMILES string of the molecule is Fc1ccc(Cl)c(CC2(CCl)CCOC2C2CC2)c1. The molecule has 2 unspecified atom stereocenters. The fraction of sp³-hybridized carbons (Fsp3) is 0.600. The van der Waals surface area contributed by atoms with E-state index in [-0.39, 0.29) is 17.3 Å². The summed E-state index contributed by atoms with van der Waals surface area (Å²) in [4.78, 5) is 0. The van der Waals surface area contributed by atoms with E-state index in [0.717, 1.165) is 18.6 Å². The van der Waals surface area contributed by atoms with Gasteiger partial charge in [-0.2, -0.15) is 0 Å². The second-order valence-corrected chi connectivity index (χ2v) is 6.46. The Bertz CT molecular complexity index is 475. The number of ether oxygens (including phenoxy) is 1. The largest absolute Gasteiger partial charge is 0.377 e. The third-order valence-electron chi connectivity index (χ3n) is 4.37. The van der Waals surface area contributed by atoms with Gasteiger partial charge in [0, 0.05) is 22.9 Å². The zero-order valence-electron chi connectivity index (χ0n) is 10.7. The van der Waals surface area contributed by atoms with Crippen molar-refractivity contribution in [2.24, 2.45) is 11.3 Å².